The average Bonchev–Trinajstić information content (AvgIpc) is 3.35. The Morgan fingerprint density at radius 3 is 2.62 bits per heavy atom. The fraction of sp³-hybridized carbons (Fsp3) is 0.650. The fourth-order valence-electron chi connectivity index (χ4n) is 3.70. The maximum absolute atomic E-state index is 5.70. The number of guanidine groups is 1. The van der Waals surface area contributed by atoms with Crippen molar-refractivity contribution < 1.29 is 4.74 Å². The SMILES string of the molecule is CCNC(=NCC(c1ccccc1)N1CCCC1)NCC1CCCO1.I. The van der Waals surface area contributed by atoms with Crippen molar-refractivity contribution in [1.29, 1.82) is 0 Å². The molecular formula is C20H33IN4O. The maximum Gasteiger partial charge on any atom is 0.191 e. The lowest BCUT2D eigenvalue weighted by molar-refractivity contribution is 0.113. The largest absolute Gasteiger partial charge is 0.376 e. The van der Waals surface area contributed by atoms with Crippen LogP contribution in [0.5, 0.6) is 0 Å². The van der Waals surface area contributed by atoms with Gasteiger partial charge in [0.2, 0.25) is 0 Å². The minimum Gasteiger partial charge on any atom is -0.376 e. The van der Waals surface area contributed by atoms with Gasteiger partial charge in [-0.25, -0.2) is 0 Å². The Morgan fingerprint density at radius 2 is 1.96 bits per heavy atom. The third kappa shape index (κ3) is 6.39. The predicted molar refractivity (Wildman–Crippen MR) is 118 cm³/mol. The van der Waals surface area contributed by atoms with Gasteiger partial charge in [0.1, 0.15) is 0 Å². The van der Waals surface area contributed by atoms with Crippen LogP contribution in [0.3, 0.4) is 0 Å². The molecule has 0 spiro atoms. The summed E-state index contributed by atoms with van der Waals surface area (Å²) >= 11 is 0. The Morgan fingerprint density at radius 1 is 1.19 bits per heavy atom. The summed E-state index contributed by atoms with van der Waals surface area (Å²) in [5, 5.41) is 6.82. The van der Waals surface area contributed by atoms with E-state index < -0.39 is 0 Å². The topological polar surface area (TPSA) is 48.9 Å². The van der Waals surface area contributed by atoms with Crippen LogP contribution in [0.2, 0.25) is 0 Å². The highest BCUT2D eigenvalue weighted by Crippen LogP contribution is 2.25. The Kier molecular flexibility index (Phi) is 9.71. The van der Waals surface area contributed by atoms with Gasteiger partial charge >= 0.3 is 0 Å². The van der Waals surface area contributed by atoms with Gasteiger partial charge in [-0.1, -0.05) is 30.3 Å². The predicted octanol–water partition coefficient (Wildman–Crippen LogP) is 3.18. The smallest absolute Gasteiger partial charge is 0.191 e. The number of rotatable bonds is 7. The molecule has 0 aliphatic carbocycles. The number of halogens is 1. The van der Waals surface area contributed by atoms with Crippen LogP contribution >= 0.6 is 24.0 Å². The van der Waals surface area contributed by atoms with Gasteiger partial charge in [0, 0.05) is 19.7 Å². The molecule has 0 amide bonds. The minimum atomic E-state index is 0. The quantitative estimate of drug-likeness (QED) is 0.364. The molecule has 2 N–H and O–H groups in total. The molecule has 2 heterocycles. The van der Waals surface area contributed by atoms with E-state index in [1.54, 1.807) is 0 Å². The maximum atomic E-state index is 5.70. The molecule has 6 heteroatoms. The molecule has 2 unspecified atom stereocenters. The van der Waals surface area contributed by atoms with E-state index in [0.29, 0.717) is 12.1 Å². The third-order valence-corrected chi connectivity index (χ3v) is 5.05. The molecule has 2 aliphatic rings. The molecule has 2 saturated heterocycles. The molecule has 5 nitrogen and oxygen atoms in total. The first kappa shape index (κ1) is 21.4. The summed E-state index contributed by atoms with van der Waals surface area (Å²) in [6.07, 6.45) is 5.24. The van der Waals surface area contributed by atoms with Crippen LogP contribution in [0.1, 0.15) is 44.2 Å². The van der Waals surface area contributed by atoms with Crippen molar-refractivity contribution >= 4 is 29.9 Å². The first-order chi connectivity index (χ1) is 12.4. The summed E-state index contributed by atoms with van der Waals surface area (Å²) < 4.78 is 5.70. The van der Waals surface area contributed by atoms with Crippen molar-refractivity contribution in [1.82, 2.24) is 15.5 Å². The number of aliphatic imine (C=N–C) groups is 1. The minimum absolute atomic E-state index is 0. The number of benzene rings is 1. The van der Waals surface area contributed by atoms with E-state index in [9.17, 15) is 0 Å². The van der Waals surface area contributed by atoms with E-state index in [0.717, 1.165) is 38.6 Å². The van der Waals surface area contributed by atoms with Crippen molar-refractivity contribution in [2.45, 2.75) is 44.8 Å². The van der Waals surface area contributed by atoms with Crippen molar-refractivity contribution in [2.75, 3.05) is 39.3 Å². The Labute approximate surface area is 175 Å². The highest BCUT2D eigenvalue weighted by atomic mass is 127. The standard InChI is InChI=1S/C20H32N4O.HI/c1-2-21-20(22-15-18-11-8-14-25-18)23-16-19(24-12-6-7-13-24)17-9-4-3-5-10-17;/h3-5,9-10,18-19H,2,6-8,11-16H2,1H3,(H2,21,22,23);1H. The second-order valence-corrected chi connectivity index (χ2v) is 6.91. The number of nitrogens with zero attached hydrogens (tertiary/aromatic N) is 2. The van der Waals surface area contributed by atoms with E-state index in [2.05, 4.69) is 52.8 Å². The Hall–Kier alpha value is -0.860. The zero-order chi connectivity index (χ0) is 17.3. The summed E-state index contributed by atoms with van der Waals surface area (Å²) in [5.74, 6) is 0.901. The highest BCUT2D eigenvalue weighted by Gasteiger charge is 2.23. The van der Waals surface area contributed by atoms with Crippen LogP contribution < -0.4 is 10.6 Å². The lowest BCUT2D eigenvalue weighted by Crippen LogP contribution is -2.41. The molecule has 1 aromatic carbocycles. The van der Waals surface area contributed by atoms with Gasteiger partial charge in [0.25, 0.3) is 0 Å². The molecule has 0 radical (unpaired) electrons. The van der Waals surface area contributed by atoms with Crippen LogP contribution in [0.25, 0.3) is 0 Å². The van der Waals surface area contributed by atoms with Gasteiger partial charge in [-0.2, -0.15) is 0 Å². The summed E-state index contributed by atoms with van der Waals surface area (Å²) in [6.45, 7) is 7.85. The zero-order valence-corrected chi connectivity index (χ0v) is 18.2. The first-order valence-electron chi connectivity index (χ1n) is 9.79. The van der Waals surface area contributed by atoms with E-state index in [-0.39, 0.29) is 24.0 Å². The molecule has 26 heavy (non-hydrogen) atoms. The van der Waals surface area contributed by atoms with Crippen molar-refractivity contribution in [2.24, 2.45) is 4.99 Å². The molecule has 146 valence electrons. The van der Waals surface area contributed by atoms with Gasteiger partial charge in [-0.05, 0) is 51.3 Å². The second-order valence-electron chi connectivity index (χ2n) is 6.91. The second kappa shape index (κ2) is 11.8. The van der Waals surface area contributed by atoms with E-state index in [1.807, 2.05) is 0 Å². The first-order valence-corrected chi connectivity index (χ1v) is 9.79. The Bertz CT molecular complexity index is 528. The molecule has 0 saturated carbocycles. The van der Waals surface area contributed by atoms with Crippen LogP contribution in [-0.2, 0) is 4.74 Å². The molecule has 1 aromatic rings. The molecule has 0 aromatic heterocycles. The third-order valence-electron chi connectivity index (χ3n) is 5.05. The van der Waals surface area contributed by atoms with Gasteiger partial charge in [-0.15, -0.1) is 24.0 Å². The number of nitrogens with one attached hydrogen (secondary N) is 2. The van der Waals surface area contributed by atoms with E-state index >= 15 is 0 Å². The van der Waals surface area contributed by atoms with Crippen molar-refractivity contribution in [3.8, 4) is 0 Å². The summed E-state index contributed by atoms with van der Waals surface area (Å²) in [7, 11) is 0. The van der Waals surface area contributed by atoms with Crippen LogP contribution in [-0.4, -0.2) is 56.3 Å². The lowest BCUT2D eigenvalue weighted by Gasteiger charge is -2.27. The summed E-state index contributed by atoms with van der Waals surface area (Å²) in [5.41, 5.74) is 1.36. The lowest BCUT2D eigenvalue weighted by atomic mass is 10.1. The van der Waals surface area contributed by atoms with Gasteiger partial charge in [0.05, 0.1) is 18.7 Å². The van der Waals surface area contributed by atoms with Gasteiger partial charge in [-0.3, -0.25) is 9.89 Å². The Balaban J connectivity index is 0.00000243. The molecule has 2 aliphatic heterocycles. The van der Waals surface area contributed by atoms with E-state index in [4.69, 9.17) is 9.73 Å². The number of ether oxygens (including phenoxy) is 1. The van der Waals surface area contributed by atoms with Crippen LogP contribution in [0, 0.1) is 0 Å². The van der Waals surface area contributed by atoms with Crippen molar-refractivity contribution in [3.05, 3.63) is 35.9 Å². The molecule has 0 bridgehead atoms. The average molecular weight is 472 g/mol. The molecular weight excluding hydrogens is 439 g/mol. The number of hydrogen-bond donors (Lipinski definition) is 2. The summed E-state index contributed by atoms with van der Waals surface area (Å²) in [4.78, 5) is 7.46. The van der Waals surface area contributed by atoms with E-state index in [1.165, 1.54) is 37.9 Å². The normalized spacial score (nSPS) is 22.0. The summed E-state index contributed by atoms with van der Waals surface area (Å²) in [6, 6.07) is 11.2. The highest BCUT2D eigenvalue weighted by molar-refractivity contribution is 14.0. The van der Waals surface area contributed by atoms with Gasteiger partial charge in [0.15, 0.2) is 5.96 Å². The number of likely N-dealkylation sites (tertiary alicyclic amines) is 1. The van der Waals surface area contributed by atoms with Crippen molar-refractivity contribution in [3.63, 3.8) is 0 Å². The monoisotopic (exact) mass is 472 g/mol. The fourth-order valence-corrected chi connectivity index (χ4v) is 3.70. The van der Waals surface area contributed by atoms with Crippen LogP contribution in [0.15, 0.2) is 35.3 Å². The zero-order valence-electron chi connectivity index (χ0n) is 15.8. The number of hydrogen-bond acceptors (Lipinski definition) is 3. The molecule has 2 atom stereocenters. The molecule has 3 rings (SSSR count). The van der Waals surface area contributed by atoms with Gasteiger partial charge < -0.3 is 15.4 Å². The van der Waals surface area contributed by atoms with Crippen LogP contribution in [0.4, 0.5) is 0 Å². The molecule has 2 fully saturated rings.